The Morgan fingerprint density at radius 3 is 2.50 bits per heavy atom. The number of hydrogen-bond donors (Lipinski definition) is 0. The number of piperazine rings is 1. The molecule has 0 unspecified atom stereocenters. The highest BCUT2D eigenvalue weighted by Crippen LogP contribution is 2.35. The fourth-order valence-electron chi connectivity index (χ4n) is 5.38. The van der Waals surface area contributed by atoms with Gasteiger partial charge in [0.1, 0.15) is 15.8 Å². The maximum Gasteiger partial charge on any atom is 0.267 e. The summed E-state index contributed by atoms with van der Waals surface area (Å²) in [5.41, 5.74) is 2.16. The third kappa shape index (κ3) is 6.32. The van der Waals surface area contributed by atoms with E-state index in [4.69, 9.17) is 17.2 Å². The first kappa shape index (κ1) is 28.5. The summed E-state index contributed by atoms with van der Waals surface area (Å²) in [5.74, 6) is 0.939. The molecule has 2 saturated heterocycles. The highest BCUT2D eigenvalue weighted by molar-refractivity contribution is 8.26. The summed E-state index contributed by atoms with van der Waals surface area (Å²) in [6, 6.07) is 16.0. The number of carbonyl (C=O) groups excluding carboxylic acids is 1. The van der Waals surface area contributed by atoms with E-state index in [0.29, 0.717) is 38.7 Å². The van der Waals surface area contributed by atoms with Crippen molar-refractivity contribution in [3.8, 4) is 0 Å². The third-order valence-electron chi connectivity index (χ3n) is 7.80. The van der Waals surface area contributed by atoms with E-state index in [1.54, 1.807) is 21.6 Å². The number of pyridine rings is 1. The van der Waals surface area contributed by atoms with Gasteiger partial charge in [0.25, 0.3) is 11.5 Å². The van der Waals surface area contributed by atoms with Gasteiger partial charge in [-0.1, -0.05) is 93.5 Å². The molecule has 2 aliphatic heterocycles. The first-order valence-corrected chi connectivity index (χ1v) is 15.5. The Labute approximate surface area is 245 Å². The van der Waals surface area contributed by atoms with E-state index in [-0.39, 0.29) is 11.5 Å². The SMILES string of the molecule is CCCC[C@H](CC)CN1C(=O)/C(=C\c2c(N3CCN(Cc4ccccc4)CC3)nc3ccccn3c2=O)SC1=S. The summed E-state index contributed by atoms with van der Waals surface area (Å²) in [4.78, 5) is 39.0. The zero-order valence-corrected chi connectivity index (χ0v) is 24.9. The minimum absolute atomic E-state index is 0.110. The van der Waals surface area contributed by atoms with Crippen molar-refractivity contribution in [1.82, 2.24) is 19.2 Å². The minimum Gasteiger partial charge on any atom is -0.353 e. The van der Waals surface area contributed by atoms with Crippen LogP contribution in [0.3, 0.4) is 0 Å². The number of anilines is 1. The van der Waals surface area contributed by atoms with Gasteiger partial charge in [-0.2, -0.15) is 0 Å². The van der Waals surface area contributed by atoms with Gasteiger partial charge in [0.15, 0.2) is 0 Å². The quantitative estimate of drug-likeness (QED) is 0.236. The van der Waals surface area contributed by atoms with Crippen LogP contribution in [0.2, 0.25) is 0 Å². The lowest BCUT2D eigenvalue weighted by molar-refractivity contribution is -0.122. The van der Waals surface area contributed by atoms with E-state index in [9.17, 15) is 9.59 Å². The van der Waals surface area contributed by atoms with E-state index in [1.165, 1.54) is 17.3 Å². The molecule has 2 aromatic heterocycles. The average molecular weight is 576 g/mol. The molecule has 5 rings (SSSR count). The van der Waals surface area contributed by atoms with Crippen LogP contribution in [-0.2, 0) is 11.3 Å². The first-order valence-electron chi connectivity index (χ1n) is 14.3. The molecule has 0 spiro atoms. The van der Waals surface area contributed by atoms with Gasteiger partial charge in [-0.05, 0) is 36.1 Å². The molecule has 0 aliphatic carbocycles. The van der Waals surface area contributed by atoms with Gasteiger partial charge in [-0.25, -0.2) is 4.98 Å². The van der Waals surface area contributed by atoms with Crippen molar-refractivity contribution >= 4 is 51.7 Å². The smallest absolute Gasteiger partial charge is 0.267 e. The number of benzene rings is 1. The Hall–Kier alpha value is -3.01. The molecule has 2 aliphatic rings. The molecule has 9 heteroatoms. The lowest BCUT2D eigenvalue weighted by Crippen LogP contribution is -2.47. The largest absolute Gasteiger partial charge is 0.353 e. The van der Waals surface area contributed by atoms with E-state index in [2.05, 4.69) is 47.9 Å². The fraction of sp³-hybridized carbons (Fsp3) is 0.419. The van der Waals surface area contributed by atoms with Crippen LogP contribution in [0.4, 0.5) is 5.82 Å². The molecule has 0 N–H and O–H groups in total. The van der Waals surface area contributed by atoms with E-state index >= 15 is 0 Å². The maximum atomic E-state index is 13.8. The number of rotatable bonds is 10. The molecule has 0 bridgehead atoms. The summed E-state index contributed by atoms with van der Waals surface area (Å²) in [6.45, 7) is 9.11. The minimum atomic E-state index is -0.174. The predicted octanol–water partition coefficient (Wildman–Crippen LogP) is 5.43. The number of carbonyl (C=O) groups is 1. The highest BCUT2D eigenvalue weighted by Gasteiger charge is 2.34. The number of amides is 1. The predicted molar refractivity (Wildman–Crippen MR) is 169 cm³/mol. The van der Waals surface area contributed by atoms with Crippen molar-refractivity contribution in [2.24, 2.45) is 5.92 Å². The zero-order valence-electron chi connectivity index (χ0n) is 23.3. The molecular formula is C31H37N5O2S2. The lowest BCUT2D eigenvalue weighted by atomic mass is 9.99. The van der Waals surface area contributed by atoms with Gasteiger partial charge < -0.3 is 4.90 Å². The normalized spacial score (nSPS) is 18.3. The summed E-state index contributed by atoms with van der Waals surface area (Å²) in [6.07, 6.45) is 7.83. The lowest BCUT2D eigenvalue weighted by Gasteiger charge is -2.36. The van der Waals surface area contributed by atoms with Crippen LogP contribution >= 0.6 is 24.0 Å². The molecule has 1 aromatic carbocycles. The van der Waals surface area contributed by atoms with Crippen LogP contribution in [0.1, 0.15) is 50.7 Å². The Morgan fingerprint density at radius 2 is 1.77 bits per heavy atom. The molecule has 210 valence electrons. The standard InChI is InChI=1S/C31H37N5O2S2/c1-3-5-11-23(4-2)22-36-30(38)26(40-31(36)39)20-25-28(32-27-14-9-10-15-35(27)29(25)37)34-18-16-33(17-19-34)21-24-12-7-6-8-13-24/h6-10,12-15,20,23H,3-5,11,16-19,21-22H2,1-2H3/b26-20+/t23-/m0/s1. The molecule has 0 saturated carbocycles. The third-order valence-corrected chi connectivity index (χ3v) is 9.18. The van der Waals surface area contributed by atoms with Gasteiger partial charge in [-0.3, -0.25) is 23.8 Å². The van der Waals surface area contributed by atoms with Crippen molar-refractivity contribution in [1.29, 1.82) is 0 Å². The average Bonchev–Trinajstić information content (AvgIpc) is 3.24. The second kappa shape index (κ2) is 13.1. The van der Waals surface area contributed by atoms with Gasteiger partial charge >= 0.3 is 0 Å². The van der Waals surface area contributed by atoms with Gasteiger partial charge in [0, 0.05) is 45.5 Å². The number of aromatic nitrogens is 2. The van der Waals surface area contributed by atoms with E-state index in [0.717, 1.165) is 58.4 Å². The Kier molecular flexibility index (Phi) is 9.34. The van der Waals surface area contributed by atoms with Crippen LogP contribution in [0.25, 0.3) is 11.7 Å². The second-order valence-corrected chi connectivity index (χ2v) is 12.2. The molecule has 1 amide bonds. The van der Waals surface area contributed by atoms with Crippen molar-refractivity contribution in [2.75, 3.05) is 37.6 Å². The van der Waals surface area contributed by atoms with E-state index < -0.39 is 0 Å². The Morgan fingerprint density at radius 1 is 1.02 bits per heavy atom. The van der Waals surface area contributed by atoms with Crippen molar-refractivity contribution in [3.05, 3.63) is 81.1 Å². The molecule has 1 atom stereocenters. The summed E-state index contributed by atoms with van der Waals surface area (Å²) < 4.78 is 2.12. The second-order valence-electron chi connectivity index (χ2n) is 10.5. The summed E-state index contributed by atoms with van der Waals surface area (Å²) in [5, 5.41) is 0. The molecule has 4 heterocycles. The zero-order chi connectivity index (χ0) is 28.1. The van der Waals surface area contributed by atoms with Gasteiger partial charge in [0.05, 0.1) is 10.5 Å². The molecular weight excluding hydrogens is 539 g/mol. The number of unbranched alkanes of at least 4 members (excludes halogenated alkanes) is 1. The molecule has 2 fully saturated rings. The topological polar surface area (TPSA) is 61.2 Å². The number of fused-ring (bicyclic) bond motifs is 1. The van der Waals surface area contributed by atoms with Crippen LogP contribution in [-0.4, -0.2) is 62.1 Å². The maximum absolute atomic E-state index is 13.8. The Bertz CT molecular complexity index is 1450. The number of hydrogen-bond acceptors (Lipinski definition) is 7. The van der Waals surface area contributed by atoms with Crippen LogP contribution in [0.15, 0.2) is 64.4 Å². The van der Waals surface area contributed by atoms with Gasteiger partial charge in [0.2, 0.25) is 0 Å². The number of nitrogens with zero attached hydrogens (tertiary/aromatic N) is 5. The van der Waals surface area contributed by atoms with Crippen LogP contribution in [0, 0.1) is 5.92 Å². The van der Waals surface area contributed by atoms with Crippen molar-refractivity contribution in [3.63, 3.8) is 0 Å². The molecule has 3 aromatic rings. The number of thiocarbonyl (C=S) groups is 1. The molecule has 7 nitrogen and oxygen atoms in total. The molecule has 40 heavy (non-hydrogen) atoms. The summed E-state index contributed by atoms with van der Waals surface area (Å²) in [7, 11) is 0. The molecule has 0 radical (unpaired) electrons. The summed E-state index contributed by atoms with van der Waals surface area (Å²) >= 11 is 6.93. The van der Waals surface area contributed by atoms with Gasteiger partial charge in [-0.15, -0.1) is 0 Å². The highest BCUT2D eigenvalue weighted by atomic mass is 32.2. The van der Waals surface area contributed by atoms with Crippen molar-refractivity contribution < 1.29 is 4.79 Å². The number of thioether (sulfide) groups is 1. The van der Waals surface area contributed by atoms with E-state index in [1.807, 2.05) is 24.3 Å². The monoisotopic (exact) mass is 575 g/mol. The van der Waals surface area contributed by atoms with Crippen LogP contribution in [0.5, 0.6) is 0 Å². The van der Waals surface area contributed by atoms with Crippen LogP contribution < -0.4 is 10.5 Å². The fourth-order valence-corrected chi connectivity index (χ4v) is 6.64. The first-order chi connectivity index (χ1) is 19.5. The Balaban J connectivity index is 1.42. The van der Waals surface area contributed by atoms with Crippen molar-refractivity contribution in [2.45, 2.75) is 46.1 Å².